The fourth-order valence-corrected chi connectivity index (χ4v) is 0.971. The van der Waals surface area contributed by atoms with Crippen LogP contribution >= 0.6 is 0 Å². The average Bonchev–Trinajstić information content (AvgIpc) is 2.22. The monoisotopic (exact) mass is 215 g/mol. The predicted octanol–water partition coefficient (Wildman–Crippen LogP) is 1.91. The van der Waals surface area contributed by atoms with Crippen molar-refractivity contribution in [3.63, 3.8) is 0 Å². The van der Waals surface area contributed by atoms with Gasteiger partial charge in [-0.25, -0.2) is 13.2 Å². The number of benzene rings is 1. The van der Waals surface area contributed by atoms with Crippen LogP contribution in [0.5, 0.6) is 0 Å². The molecule has 15 heavy (non-hydrogen) atoms. The van der Waals surface area contributed by atoms with Gasteiger partial charge in [0.05, 0.1) is 0 Å². The van der Waals surface area contributed by atoms with E-state index in [0.717, 1.165) is 18.2 Å². The van der Waals surface area contributed by atoms with E-state index >= 15 is 0 Å². The molecule has 0 spiro atoms. The molecule has 0 aliphatic carbocycles. The zero-order valence-corrected chi connectivity index (χ0v) is 7.69. The Labute approximate surface area is 84.4 Å². The lowest BCUT2D eigenvalue weighted by Crippen LogP contribution is -2.20. The Morgan fingerprint density at radius 3 is 2.33 bits per heavy atom. The molecule has 0 aromatic heterocycles. The quantitative estimate of drug-likeness (QED) is 0.605. The molecule has 1 aromatic rings. The van der Waals surface area contributed by atoms with Crippen LogP contribution in [0.25, 0.3) is 0 Å². The van der Waals surface area contributed by atoms with Crippen LogP contribution < -0.4 is 5.32 Å². The molecule has 0 heterocycles. The van der Waals surface area contributed by atoms with E-state index in [1.54, 1.807) is 0 Å². The Kier molecular flexibility index (Phi) is 3.49. The molecule has 0 aliphatic rings. The van der Waals surface area contributed by atoms with Crippen molar-refractivity contribution in [3.8, 4) is 0 Å². The molecule has 80 valence electrons. The summed E-state index contributed by atoms with van der Waals surface area (Å²) < 4.78 is 37.9. The Bertz CT molecular complexity index is 381. The molecule has 0 atom stereocenters. The highest BCUT2D eigenvalue weighted by molar-refractivity contribution is 5.86. The van der Waals surface area contributed by atoms with E-state index in [4.69, 9.17) is 0 Å². The standard InChI is InChI=1S/C10H8F3NO/c1-2-9(15)14-5-6-3-7(11)10(13)8(12)4-6/h2-4H,1,5H2,(H,14,15). The highest BCUT2D eigenvalue weighted by atomic mass is 19.2. The van der Waals surface area contributed by atoms with Gasteiger partial charge in [-0.1, -0.05) is 6.58 Å². The second-order valence-corrected chi connectivity index (χ2v) is 2.80. The molecule has 0 saturated heterocycles. The predicted molar refractivity (Wildman–Crippen MR) is 48.4 cm³/mol. The number of rotatable bonds is 3. The first-order valence-electron chi connectivity index (χ1n) is 4.08. The zero-order chi connectivity index (χ0) is 11.4. The maximum Gasteiger partial charge on any atom is 0.243 e. The number of carbonyl (C=O) groups is 1. The van der Waals surface area contributed by atoms with Crippen molar-refractivity contribution in [1.29, 1.82) is 0 Å². The van der Waals surface area contributed by atoms with Crippen LogP contribution in [0.2, 0.25) is 0 Å². The van der Waals surface area contributed by atoms with Crippen molar-refractivity contribution in [2.24, 2.45) is 0 Å². The highest BCUT2D eigenvalue weighted by Crippen LogP contribution is 2.13. The van der Waals surface area contributed by atoms with Crippen molar-refractivity contribution in [2.45, 2.75) is 6.54 Å². The lowest BCUT2D eigenvalue weighted by molar-refractivity contribution is -0.116. The van der Waals surface area contributed by atoms with Crippen LogP contribution in [-0.4, -0.2) is 5.91 Å². The van der Waals surface area contributed by atoms with E-state index in [1.807, 2.05) is 0 Å². The van der Waals surface area contributed by atoms with Gasteiger partial charge >= 0.3 is 0 Å². The van der Waals surface area contributed by atoms with Gasteiger partial charge in [-0.15, -0.1) is 0 Å². The summed E-state index contributed by atoms with van der Waals surface area (Å²) in [6, 6.07) is 1.64. The summed E-state index contributed by atoms with van der Waals surface area (Å²) in [4.78, 5) is 10.7. The van der Waals surface area contributed by atoms with E-state index in [2.05, 4.69) is 11.9 Å². The molecule has 0 unspecified atom stereocenters. The number of nitrogens with one attached hydrogen (secondary N) is 1. The van der Waals surface area contributed by atoms with Gasteiger partial charge in [-0.3, -0.25) is 4.79 Å². The molecular formula is C10H8F3NO. The van der Waals surface area contributed by atoms with Crippen LogP contribution in [0.4, 0.5) is 13.2 Å². The van der Waals surface area contributed by atoms with Crippen LogP contribution in [0.1, 0.15) is 5.56 Å². The summed E-state index contributed by atoms with van der Waals surface area (Å²) >= 11 is 0. The molecule has 5 heteroatoms. The Hall–Kier alpha value is -1.78. The third-order valence-corrected chi connectivity index (χ3v) is 1.70. The summed E-state index contributed by atoms with van der Waals surface area (Å²) in [6.07, 6.45) is 1.02. The van der Waals surface area contributed by atoms with E-state index in [0.29, 0.717) is 0 Å². The summed E-state index contributed by atoms with van der Waals surface area (Å²) in [5.41, 5.74) is 0.140. The summed E-state index contributed by atoms with van der Waals surface area (Å²) in [5, 5.41) is 2.31. The van der Waals surface area contributed by atoms with Gasteiger partial charge in [0, 0.05) is 6.54 Å². The second-order valence-electron chi connectivity index (χ2n) is 2.80. The maximum absolute atomic E-state index is 12.7. The van der Waals surface area contributed by atoms with Crippen molar-refractivity contribution in [2.75, 3.05) is 0 Å². The van der Waals surface area contributed by atoms with Gasteiger partial charge in [0.15, 0.2) is 17.5 Å². The third kappa shape index (κ3) is 2.83. The molecule has 1 rings (SSSR count). The maximum atomic E-state index is 12.7. The van der Waals surface area contributed by atoms with E-state index in [-0.39, 0.29) is 12.1 Å². The lowest BCUT2D eigenvalue weighted by Gasteiger charge is -2.03. The minimum absolute atomic E-state index is 0.0844. The number of hydrogen-bond donors (Lipinski definition) is 1. The molecule has 0 radical (unpaired) electrons. The molecule has 0 aliphatic heterocycles. The zero-order valence-electron chi connectivity index (χ0n) is 7.69. The number of carbonyl (C=O) groups excluding carboxylic acids is 1. The van der Waals surface area contributed by atoms with E-state index in [9.17, 15) is 18.0 Å². The first-order chi connectivity index (χ1) is 7.04. The Morgan fingerprint density at radius 2 is 1.87 bits per heavy atom. The fraction of sp³-hybridized carbons (Fsp3) is 0.100. The molecule has 0 fully saturated rings. The molecule has 0 saturated carbocycles. The van der Waals surface area contributed by atoms with Crippen molar-refractivity contribution in [3.05, 3.63) is 47.8 Å². The SMILES string of the molecule is C=CC(=O)NCc1cc(F)c(F)c(F)c1. The minimum atomic E-state index is -1.52. The van der Waals surface area contributed by atoms with Gasteiger partial charge in [-0.05, 0) is 23.8 Å². The van der Waals surface area contributed by atoms with Gasteiger partial charge in [-0.2, -0.15) is 0 Å². The van der Waals surface area contributed by atoms with E-state index in [1.165, 1.54) is 0 Å². The normalized spacial score (nSPS) is 9.80. The Morgan fingerprint density at radius 1 is 1.33 bits per heavy atom. The second kappa shape index (κ2) is 4.63. The number of amides is 1. The minimum Gasteiger partial charge on any atom is -0.348 e. The average molecular weight is 215 g/mol. The molecule has 1 aromatic carbocycles. The van der Waals surface area contributed by atoms with Crippen molar-refractivity contribution in [1.82, 2.24) is 5.32 Å². The molecule has 1 amide bonds. The van der Waals surface area contributed by atoms with Crippen LogP contribution in [-0.2, 0) is 11.3 Å². The van der Waals surface area contributed by atoms with Crippen LogP contribution in [0, 0.1) is 17.5 Å². The highest BCUT2D eigenvalue weighted by Gasteiger charge is 2.10. The molecular weight excluding hydrogens is 207 g/mol. The lowest BCUT2D eigenvalue weighted by atomic mass is 10.2. The first kappa shape index (κ1) is 11.3. The van der Waals surface area contributed by atoms with E-state index < -0.39 is 23.4 Å². The van der Waals surface area contributed by atoms with Crippen LogP contribution in [0.3, 0.4) is 0 Å². The molecule has 0 bridgehead atoms. The van der Waals surface area contributed by atoms with Crippen molar-refractivity contribution >= 4 is 5.91 Å². The molecule has 2 nitrogen and oxygen atoms in total. The van der Waals surface area contributed by atoms with Crippen molar-refractivity contribution < 1.29 is 18.0 Å². The third-order valence-electron chi connectivity index (χ3n) is 1.70. The fourth-order valence-electron chi connectivity index (χ4n) is 0.971. The van der Waals surface area contributed by atoms with Crippen LogP contribution in [0.15, 0.2) is 24.8 Å². The van der Waals surface area contributed by atoms with Gasteiger partial charge in [0.2, 0.25) is 5.91 Å². The number of halogens is 3. The summed E-state index contributed by atoms with van der Waals surface area (Å²) in [5.74, 6) is -4.55. The smallest absolute Gasteiger partial charge is 0.243 e. The van der Waals surface area contributed by atoms with Gasteiger partial charge < -0.3 is 5.32 Å². The topological polar surface area (TPSA) is 29.1 Å². The first-order valence-corrected chi connectivity index (χ1v) is 4.08. The summed E-state index contributed by atoms with van der Waals surface area (Å²) in [7, 11) is 0. The Balaban J connectivity index is 2.79. The van der Waals surface area contributed by atoms with Gasteiger partial charge in [0.25, 0.3) is 0 Å². The van der Waals surface area contributed by atoms with Gasteiger partial charge in [0.1, 0.15) is 0 Å². The number of hydrogen-bond acceptors (Lipinski definition) is 1. The summed E-state index contributed by atoms with van der Waals surface area (Å²) in [6.45, 7) is 3.12. The molecule has 1 N–H and O–H groups in total. The largest absolute Gasteiger partial charge is 0.348 e.